The highest BCUT2D eigenvalue weighted by atomic mass is 16.5. The minimum Gasteiger partial charge on any atom is -0.396 e. The van der Waals surface area contributed by atoms with E-state index in [4.69, 9.17) is 9.84 Å². The van der Waals surface area contributed by atoms with Gasteiger partial charge in [0.25, 0.3) is 0 Å². The second-order valence-corrected chi connectivity index (χ2v) is 6.91. The largest absolute Gasteiger partial charge is 0.396 e. The third-order valence-corrected chi connectivity index (χ3v) is 5.21. The van der Waals surface area contributed by atoms with E-state index in [9.17, 15) is 5.11 Å². The van der Waals surface area contributed by atoms with Crippen molar-refractivity contribution in [3.8, 4) is 0 Å². The van der Waals surface area contributed by atoms with Crippen LogP contribution in [-0.2, 0) is 4.74 Å². The summed E-state index contributed by atoms with van der Waals surface area (Å²) in [5.41, 5.74) is 0.144. The van der Waals surface area contributed by atoms with Gasteiger partial charge in [-0.2, -0.15) is 0 Å². The van der Waals surface area contributed by atoms with Gasteiger partial charge in [0, 0.05) is 31.7 Å². The smallest absolute Gasteiger partial charge is 0.0701 e. The lowest BCUT2D eigenvalue weighted by Crippen LogP contribution is -2.46. The molecule has 0 aromatic heterocycles. The Kier molecular flexibility index (Phi) is 6.27. The minimum atomic E-state index is 0.117. The first-order valence-corrected chi connectivity index (χ1v) is 8.23. The Labute approximate surface area is 123 Å². The maximum Gasteiger partial charge on any atom is 0.0701 e. The van der Waals surface area contributed by atoms with Gasteiger partial charge in [0.1, 0.15) is 0 Å². The van der Waals surface area contributed by atoms with Crippen LogP contribution in [0.3, 0.4) is 0 Å². The predicted molar refractivity (Wildman–Crippen MR) is 79.7 cm³/mol. The van der Waals surface area contributed by atoms with E-state index in [0.29, 0.717) is 19.3 Å². The summed E-state index contributed by atoms with van der Waals surface area (Å²) < 4.78 is 5.61. The molecule has 2 aliphatic rings. The normalized spacial score (nSPS) is 33.5. The van der Waals surface area contributed by atoms with Crippen LogP contribution in [-0.4, -0.2) is 60.7 Å². The number of rotatable bonds is 6. The summed E-state index contributed by atoms with van der Waals surface area (Å²) in [6.07, 6.45) is 7.29. The van der Waals surface area contributed by atoms with E-state index in [1.54, 1.807) is 0 Å². The number of piperidine rings is 1. The average Bonchev–Trinajstić information content (AvgIpc) is 2.49. The van der Waals surface area contributed by atoms with Crippen molar-refractivity contribution in [3.63, 3.8) is 0 Å². The Balaban J connectivity index is 1.76. The summed E-state index contributed by atoms with van der Waals surface area (Å²) in [6, 6.07) is 0. The number of hydrogen-bond acceptors (Lipinski definition) is 4. The molecule has 1 heterocycles. The van der Waals surface area contributed by atoms with Crippen LogP contribution in [0.1, 0.15) is 45.4 Å². The van der Waals surface area contributed by atoms with Gasteiger partial charge in [-0.3, -0.25) is 0 Å². The molecule has 0 bridgehead atoms. The van der Waals surface area contributed by atoms with Crippen LogP contribution in [0.5, 0.6) is 0 Å². The van der Waals surface area contributed by atoms with Crippen LogP contribution < -0.4 is 0 Å². The standard InChI is InChI=1S/C16H31NO3/c1-14-2-6-16(13-19,7-3-14)12-17-8-4-15(5-9-17)20-11-10-18/h14-15,18-19H,2-13H2,1H3. The van der Waals surface area contributed by atoms with Gasteiger partial charge in [0.05, 0.1) is 19.3 Å². The van der Waals surface area contributed by atoms with E-state index in [-0.39, 0.29) is 12.0 Å². The van der Waals surface area contributed by atoms with E-state index >= 15 is 0 Å². The van der Waals surface area contributed by atoms with Crippen molar-refractivity contribution in [1.29, 1.82) is 0 Å². The van der Waals surface area contributed by atoms with Gasteiger partial charge in [0.2, 0.25) is 0 Å². The van der Waals surface area contributed by atoms with Crippen molar-refractivity contribution < 1.29 is 14.9 Å². The van der Waals surface area contributed by atoms with E-state index in [0.717, 1.165) is 38.4 Å². The Hall–Kier alpha value is -0.160. The molecule has 0 unspecified atom stereocenters. The topological polar surface area (TPSA) is 52.9 Å². The number of nitrogens with zero attached hydrogens (tertiary/aromatic N) is 1. The molecule has 1 aliphatic heterocycles. The molecule has 4 heteroatoms. The molecular weight excluding hydrogens is 254 g/mol. The van der Waals surface area contributed by atoms with Gasteiger partial charge in [-0.25, -0.2) is 0 Å². The molecule has 2 fully saturated rings. The monoisotopic (exact) mass is 285 g/mol. The van der Waals surface area contributed by atoms with Crippen LogP contribution in [0, 0.1) is 11.3 Å². The maximum absolute atomic E-state index is 9.85. The summed E-state index contributed by atoms with van der Waals surface area (Å²) >= 11 is 0. The lowest BCUT2D eigenvalue weighted by molar-refractivity contribution is -0.0274. The number of hydrogen-bond donors (Lipinski definition) is 2. The van der Waals surface area contributed by atoms with E-state index in [1.165, 1.54) is 25.7 Å². The van der Waals surface area contributed by atoms with Crippen molar-refractivity contribution >= 4 is 0 Å². The van der Waals surface area contributed by atoms with Crippen molar-refractivity contribution in [2.45, 2.75) is 51.6 Å². The summed E-state index contributed by atoms with van der Waals surface area (Å²) in [5, 5.41) is 18.6. The van der Waals surface area contributed by atoms with Crippen LogP contribution in [0.2, 0.25) is 0 Å². The lowest BCUT2D eigenvalue weighted by Gasteiger charge is -2.43. The number of aliphatic hydroxyl groups excluding tert-OH is 2. The molecule has 20 heavy (non-hydrogen) atoms. The van der Waals surface area contributed by atoms with E-state index < -0.39 is 0 Å². The Morgan fingerprint density at radius 3 is 2.30 bits per heavy atom. The fraction of sp³-hybridized carbons (Fsp3) is 1.00. The third kappa shape index (κ3) is 4.42. The SMILES string of the molecule is CC1CCC(CO)(CN2CCC(OCCO)CC2)CC1. The molecule has 0 aromatic rings. The van der Waals surface area contributed by atoms with Crippen molar-refractivity contribution in [3.05, 3.63) is 0 Å². The molecule has 0 aromatic carbocycles. The second kappa shape index (κ2) is 7.74. The highest BCUT2D eigenvalue weighted by Crippen LogP contribution is 2.39. The summed E-state index contributed by atoms with van der Waals surface area (Å²) in [5.74, 6) is 0.826. The molecular formula is C16H31NO3. The number of ether oxygens (including phenoxy) is 1. The van der Waals surface area contributed by atoms with E-state index in [1.807, 2.05) is 0 Å². The molecule has 2 N–H and O–H groups in total. The molecule has 0 spiro atoms. The number of aliphatic hydroxyl groups is 2. The molecule has 1 aliphatic carbocycles. The summed E-state index contributed by atoms with van der Waals surface area (Å²) in [6.45, 7) is 6.41. The molecule has 1 saturated carbocycles. The van der Waals surface area contributed by atoms with Crippen molar-refractivity contribution in [2.75, 3.05) is 39.5 Å². The van der Waals surface area contributed by atoms with Gasteiger partial charge < -0.3 is 19.8 Å². The molecule has 1 saturated heterocycles. The van der Waals surface area contributed by atoms with Crippen LogP contribution in [0.25, 0.3) is 0 Å². The molecule has 0 amide bonds. The first kappa shape index (κ1) is 16.2. The van der Waals surface area contributed by atoms with Crippen LogP contribution in [0.4, 0.5) is 0 Å². The van der Waals surface area contributed by atoms with Gasteiger partial charge in [-0.05, 0) is 31.6 Å². The molecule has 118 valence electrons. The fourth-order valence-corrected chi connectivity index (χ4v) is 3.67. The molecule has 0 atom stereocenters. The zero-order valence-corrected chi connectivity index (χ0v) is 12.9. The quantitative estimate of drug-likeness (QED) is 0.779. The Morgan fingerprint density at radius 2 is 1.75 bits per heavy atom. The molecule has 4 nitrogen and oxygen atoms in total. The zero-order chi connectivity index (χ0) is 14.4. The van der Waals surface area contributed by atoms with Crippen LogP contribution >= 0.6 is 0 Å². The van der Waals surface area contributed by atoms with Gasteiger partial charge in [-0.1, -0.05) is 19.8 Å². The predicted octanol–water partition coefficient (Wildman–Crippen LogP) is 1.65. The Bertz CT molecular complexity index is 269. The van der Waals surface area contributed by atoms with Crippen molar-refractivity contribution in [1.82, 2.24) is 4.90 Å². The highest BCUT2D eigenvalue weighted by Gasteiger charge is 2.36. The second-order valence-electron chi connectivity index (χ2n) is 6.91. The minimum absolute atomic E-state index is 0.117. The van der Waals surface area contributed by atoms with Crippen molar-refractivity contribution in [2.24, 2.45) is 11.3 Å². The first-order valence-electron chi connectivity index (χ1n) is 8.23. The average molecular weight is 285 g/mol. The number of likely N-dealkylation sites (tertiary alicyclic amines) is 1. The van der Waals surface area contributed by atoms with Crippen LogP contribution in [0.15, 0.2) is 0 Å². The summed E-state index contributed by atoms with van der Waals surface area (Å²) in [7, 11) is 0. The molecule has 0 radical (unpaired) electrons. The van der Waals surface area contributed by atoms with E-state index in [2.05, 4.69) is 11.8 Å². The van der Waals surface area contributed by atoms with Gasteiger partial charge in [-0.15, -0.1) is 0 Å². The molecule has 2 rings (SSSR count). The summed E-state index contributed by atoms with van der Waals surface area (Å²) in [4.78, 5) is 2.50. The van der Waals surface area contributed by atoms with Gasteiger partial charge in [0.15, 0.2) is 0 Å². The third-order valence-electron chi connectivity index (χ3n) is 5.21. The highest BCUT2D eigenvalue weighted by molar-refractivity contribution is 4.88. The fourth-order valence-electron chi connectivity index (χ4n) is 3.67. The maximum atomic E-state index is 9.85. The lowest BCUT2D eigenvalue weighted by atomic mass is 9.71. The van der Waals surface area contributed by atoms with Gasteiger partial charge >= 0.3 is 0 Å². The first-order chi connectivity index (χ1) is 9.67. The Morgan fingerprint density at radius 1 is 1.10 bits per heavy atom. The zero-order valence-electron chi connectivity index (χ0n) is 12.9.